The summed E-state index contributed by atoms with van der Waals surface area (Å²) in [5.74, 6) is 0.172. The Morgan fingerprint density at radius 2 is 2.05 bits per heavy atom. The fraction of sp³-hybridized carbons (Fsp3) is 0.200. The van der Waals surface area contributed by atoms with Crippen molar-refractivity contribution >= 4 is 27.5 Å². The number of aliphatic hydroxyl groups is 1. The zero-order chi connectivity index (χ0) is 14.7. The van der Waals surface area contributed by atoms with Crippen LogP contribution in [0.3, 0.4) is 0 Å². The van der Waals surface area contributed by atoms with Crippen LogP contribution in [0, 0.1) is 5.82 Å². The van der Waals surface area contributed by atoms with Gasteiger partial charge in [-0.2, -0.15) is 0 Å². The van der Waals surface area contributed by atoms with E-state index < -0.39 is 6.10 Å². The first-order chi connectivity index (χ1) is 9.51. The van der Waals surface area contributed by atoms with Gasteiger partial charge in [0.2, 0.25) is 0 Å². The molecule has 0 fully saturated rings. The largest absolute Gasteiger partial charge is 0.496 e. The minimum atomic E-state index is -0.896. The highest BCUT2D eigenvalue weighted by atomic mass is 79.9. The van der Waals surface area contributed by atoms with Gasteiger partial charge >= 0.3 is 0 Å². The smallest absolute Gasteiger partial charge is 0.126 e. The maximum Gasteiger partial charge on any atom is 0.126 e. The minimum absolute atomic E-state index is 0.141. The van der Waals surface area contributed by atoms with Gasteiger partial charge in [0.25, 0.3) is 0 Å². The summed E-state index contributed by atoms with van der Waals surface area (Å²) in [6, 6.07) is 9.61. The molecule has 1 atom stereocenters. The molecule has 2 aromatic carbocycles. The lowest BCUT2D eigenvalue weighted by atomic mass is 10.0. The molecule has 0 radical (unpaired) electrons. The third-order valence-corrected chi connectivity index (χ3v) is 3.70. The minimum Gasteiger partial charge on any atom is -0.496 e. The van der Waals surface area contributed by atoms with Crippen LogP contribution in [0.5, 0.6) is 5.75 Å². The average Bonchev–Trinajstić information content (AvgIpc) is 2.42. The molecule has 0 spiro atoms. The number of benzene rings is 2. The molecule has 0 bridgehead atoms. The van der Waals surface area contributed by atoms with Gasteiger partial charge in [-0.25, -0.2) is 4.39 Å². The first-order valence-electron chi connectivity index (χ1n) is 5.96. The first kappa shape index (κ1) is 15.3. The Morgan fingerprint density at radius 1 is 1.30 bits per heavy atom. The second-order valence-corrected chi connectivity index (χ2v) is 5.69. The zero-order valence-corrected chi connectivity index (χ0v) is 13.1. The van der Waals surface area contributed by atoms with Crippen molar-refractivity contribution < 1.29 is 14.2 Å². The predicted octanol–water partition coefficient (Wildman–Crippen LogP) is 4.53. The summed E-state index contributed by atoms with van der Waals surface area (Å²) in [7, 11) is 1.51. The molecule has 1 unspecified atom stereocenters. The molecule has 0 aliphatic carbocycles. The van der Waals surface area contributed by atoms with Gasteiger partial charge in [-0.05, 0) is 42.0 Å². The maximum atomic E-state index is 13.7. The van der Waals surface area contributed by atoms with Crippen molar-refractivity contribution in [2.75, 3.05) is 7.11 Å². The van der Waals surface area contributed by atoms with Gasteiger partial charge < -0.3 is 9.84 Å². The second kappa shape index (κ2) is 6.57. The summed E-state index contributed by atoms with van der Waals surface area (Å²) < 4.78 is 19.7. The lowest BCUT2D eigenvalue weighted by Gasteiger charge is -2.16. The standard InChI is InChI=1S/C15H13BrClFO2/c1-20-15-5-3-11(17)8-12(15)14(19)7-9-6-10(16)2-4-13(9)18/h2-6,8,14,19H,7H2,1H3. The highest BCUT2D eigenvalue weighted by Gasteiger charge is 2.16. The summed E-state index contributed by atoms with van der Waals surface area (Å²) in [5.41, 5.74) is 0.966. The van der Waals surface area contributed by atoms with Crippen LogP contribution >= 0.6 is 27.5 Å². The molecule has 1 N–H and O–H groups in total. The lowest BCUT2D eigenvalue weighted by molar-refractivity contribution is 0.172. The van der Waals surface area contributed by atoms with Gasteiger partial charge in [-0.15, -0.1) is 0 Å². The third-order valence-electron chi connectivity index (χ3n) is 2.97. The molecule has 20 heavy (non-hydrogen) atoms. The van der Waals surface area contributed by atoms with Crippen molar-refractivity contribution in [1.82, 2.24) is 0 Å². The van der Waals surface area contributed by atoms with Gasteiger partial charge in [-0.1, -0.05) is 27.5 Å². The highest BCUT2D eigenvalue weighted by Crippen LogP contribution is 2.31. The van der Waals surface area contributed by atoms with E-state index in [1.165, 1.54) is 13.2 Å². The number of methoxy groups -OCH3 is 1. The molecule has 106 valence electrons. The first-order valence-corrected chi connectivity index (χ1v) is 7.14. The summed E-state index contributed by atoms with van der Waals surface area (Å²) >= 11 is 9.22. The average molecular weight is 360 g/mol. The number of hydrogen-bond acceptors (Lipinski definition) is 2. The Hall–Kier alpha value is -1.10. The van der Waals surface area contributed by atoms with Crippen LogP contribution in [-0.4, -0.2) is 12.2 Å². The summed E-state index contributed by atoms with van der Waals surface area (Å²) in [6.45, 7) is 0. The van der Waals surface area contributed by atoms with Gasteiger partial charge in [0, 0.05) is 21.5 Å². The van der Waals surface area contributed by atoms with E-state index in [1.54, 1.807) is 30.3 Å². The number of ether oxygens (including phenoxy) is 1. The fourth-order valence-electron chi connectivity index (χ4n) is 1.98. The zero-order valence-electron chi connectivity index (χ0n) is 10.7. The van der Waals surface area contributed by atoms with E-state index in [0.29, 0.717) is 21.9 Å². The van der Waals surface area contributed by atoms with E-state index in [9.17, 15) is 9.50 Å². The Morgan fingerprint density at radius 3 is 2.75 bits per heavy atom. The van der Waals surface area contributed by atoms with Gasteiger partial charge in [-0.3, -0.25) is 0 Å². The molecule has 0 saturated heterocycles. The molecule has 0 heterocycles. The number of hydrogen-bond donors (Lipinski definition) is 1. The Labute approximate surface area is 130 Å². The molecule has 0 amide bonds. The van der Waals surface area contributed by atoms with Crippen LogP contribution in [0.15, 0.2) is 40.9 Å². The van der Waals surface area contributed by atoms with Gasteiger partial charge in [0.05, 0.1) is 13.2 Å². The SMILES string of the molecule is COc1ccc(Cl)cc1C(O)Cc1cc(Br)ccc1F. The molecule has 2 aromatic rings. The van der Waals surface area contributed by atoms with E-state index in [-0.39, 0.29) is 12.2 Å². The predicted molar refractivity (Wildman–Crippen MR) is 80.8 cm³/mol. The summed E-state index contributed by atoms with van der Waals surface area (Å²) in [4.78, 5) is 0. The molecule has 2 nitrogen and oxygen atoms in total. The Kier molecular flexibility index (Phi) is 5.02. The molecule has 0 aromatic heterocycles. The molecule has 2 rings (SSSR count). The third kappa shape index (κ3) is 3.51. The monoisotopic (exact) mass is 358 g/mol. The van der Waals surface area contributed by atoms with Crippen molar-refractivity contribution in [2.24, 2.45) is 0 Å². The quantitative estimate of drug-likeness (QED) is 0.869. The molecular weight excluding hydrogens is 347 g/mol. The van der Waals surface area contributed by atoms with E-state index in [4.69, 9.17) is 16.3 Å². The van der Waals surface area contributed by atoms with Crippen LogP contribution < -0.4 is 4.74 Å². The number of rotatable bonds is 4. The van der Waals surface area contributed by atoms with Crippen LogP contribution in [0.1, 0.15) is 17.2 Å². The summed E-state index contributed by atoms with van der Waals surface area (Å²) in [6.07, 6.45) is -0.755. The molecule has 0 saturated carbocycles. The van der Waals surface area contributed by atoms with Gasteiger partial charge in [0.15, 0.2) is 0 Å². The van der Waals surface area contributed by atoms with Crippen LogP contribution in [0.2, 0.25) is 5.02 Å². The van der Waals surface area contributed by atoms with Crippen LogP contribution in [0.4, 0.5) is 4.39 Å². The van der Waals surface area contributed by atoms with Crippen molar-refractivity contribution in [2.45, 2.75) is 12.5 Å². The van der Waals surface area contributed by atoms with Gasteiger partial charge in [0.1, 0.15) is 11.6 Å². The molecule has 5 heteroatoms. The number of halogens is 3. The van der Waals surface area contributed by atoms with Crippen molar-refractivity contribution in [3.05, 3.63) is 62.8 Å². The van der Waals surface area contributed by atoms with Crippen molar-refractivity contribution in [3.8, 4) is 5.75 Å². The maximum absolute atomic E-state index is 13.7. The highest BCUT2D eigenvalue weighted by molar-refractivity contribution is 9.10. The van der Waals surface area contributed by atoms with Crippen LogP contribution in [0.25, 0.3) is 0 Å². The molecule has 0 aliphatic heterocycles. The summed E-state index contributed by atoms with van der Waals surface area (Å²) in [5, 5.41) is 10.8. The van der Waals surface area contributed by atoms with E-state index in [0.717, 1.165) is 4.47 Å². The fourth-order valence-corrected chi connectivity index (χ4v) is 2.57. The van der Waals surface area contributed by atoms with Crippen molar-refractivity contribution in [3.63, 3.8) is 0 Å². The van der Waals surface area contributed by atoms with E-state index >= 15 is 0 Å². The molecular formula is C15H13BrClFO2. The Balaban J connectivity index is 2.30. The topological polar surface area (TPSA) is 29.5 Å². The van der Waals surface area contributed by atoms with E-state index in [2.05, 4.69) is 15.9 Å². The molecule has 0 aliphatic rings. The van der Waals surface area contributed by atoms with Crippen LogP contribution in [-0.2, 0) is 6.42 Å². The number of aliphatic hydroxyl groups excluding tert-OH is 1. The van der Waals surface area contributed by atoms with Crippen molar-refractivity contribution in [1.29, 1.82) is 0 Å². The lowest BCUT2D eigenvalue weighted by Crippen LogP contribution is -2.05. The Bertz CT molecular complexity index is 619. The normalized spacial score (nSPS) is 12.2. The second-order valence-electron chi connectivity index (χ2n) is 4.34. The van der Waals surface area contributed by atoms with E-state index in [1.807, 2.05) is 0 Å².